The molecule has 0 amide bonds. The first-order valence-corrected chi connectivity index (χ1v) is 9.15. The summed E-state index contributed by atoms with van der Waals surface area (Å²) in [5.74, 6) is -0.544. The molecule has 0 fully saturated rings. The van der Waals surface area contributed by atoms with Crippen molar-refractivity contribution in [3.8, 4) is 11.5 Å². The van der Waals surface area contributed by atoms with Crippen LogP contribution in [0.2, 0.25) is 0 Å². The molecule has 7 heteroatoms. The second-order valence-electron chi connectivity index (χ2n) is 6.57. The van der Waals surface area contributed by atoms with Crippen LogP contribution in [0, 0.1) is 10.1 Å². The van der Waals surface area contributed by atoms with Gasteiger partial charge >= 0.3 is 11.9 Å². The van der Waals surface area contributed by atoms with E-state index in [0.29, 0.717) is 17.1 Å². The standard InChI is InChI=1S/C23H19NO6/c1-15(25)29-19-11-7-17(8-12-19)23(21-5-3-4-6-22(21)24(27)28)18-9-13-20(14-10-18)30-16(2)26/h3-14,23H,1-2H3. The highest BCUT2D eigenvalue weighted by Crippen LogP contribution is 2.38. The predicted molar refractivity (Wildman–Crippen MR) is 110 cm³/mol. The van der Waals surface area contributed by atoms with Crippen LogP contribution in [0.5, 0.6) is 11.5 Å². The van der Waals surface area contributed by atoms with Crippen LogP contribution in [0.4, 0.5) is 5.69 Å². The van der Waals surface area contributed by atoms with Crippen LogP contribution < -0.4 is 9.47 Å². The summed E-state index contributed by atoms with van der Waals surface area (Å²) in [6.07, 6.45) is 0. The SMILES string of the molecule is CC(=O)Oc1ccc(C(c2ccc(OC(C)=O)cc2)c2ccccc2[N+](=O)[O-])cc1. The average molecular weight is 405 g/mol. The molecule has 3 rings (SSSR count). The summed E-state index contributed by atoms with van der Waals surface area (Å²) in [4.78, 5) is 33.6. The van der Waals surface area contributed by atoms with Crippen LogP contribution in [-0.4, -0.2) is 16.9 Å². The molecule has 0 saturated carbocycles. The molecule has 30 heavy (non-hydrogen) atoms. The minimum absolute atomic E-state index is 0.00405. The van der Waals surface area contributed by atoms with Crippen LogP contribution in [0.1, 0.15) is 36.5 Å². The molecule has 0 bridgehead atoms. The van der Waals surface area contributed by atoms with Crippen molar-refractivity contribution in [3.05, 3.63) is 99.6 Å². The lowest BCUT2D eigenvalue weighted by atomic mass is 9.84. The Labute approximate surface area is 173 Å². The van der Waals surface area contributed by atoms with Gasteiger partial charge in [0.1, 0.15) is 11.5 Å². The van der Waals surface area contributed by atoms with E-state index in [1.807, 2.05) is 0 Å². The Kier molecular flexibility index (Phi) is 6.22. The quantitative estimate of drug-likeness (QED) is 0.195. The Morgan fingerprint density at radius 3 is 1.60 bits per heavy atom. The van der Waals surface area contributed by atoms with Gasteiger partial charge in [-0.2, -0.15) is 0 Å². The van der Waals surface area contributed by atoms with Gasteiger partial charge in [0.05, 0.1) is 4.92 Å². The first kappa shape index (κ1) is 20.7. The van der Waals surface area contributed by atoms with Gasteiger partial charge in [-0.25, -0.2) is 0 Å². The number of esters is 2. The Morgan fingerprint density at radius 2 is 1.20 bits per heavy atom. The van der Waals surface area contributed by atoms with E-state index in [4.69, 9.17) is 9.47 Å². The van der Waals surface area contributed by atoms with Crippen LogP contribution in [0.3, 0.4) is 0 Å². The van der Waals surface area contributed by atoms with Crippen LogP contribution in [-0.2, 0) is 9.59 Å². The maximum absolute atomic E-state index is 11.6. The van der Waals surface area contributed by atoms with E-state index < -0.39 is 22.8 Å². The largest absolute Gasteiger partial charge is 0.427 e. The first-order chi connectivity index (χ1) is 14.3. The lowest BCUT2D eigenvalue weighted by molar-refractivity contribution is -0.385. The highest BCUT2D eigenvalue weighted by molar-refractivity contribution is 5.70. The van der Waals surface area contributed by atoms with E-state index in [1.54, 1.807) is 66.7 Å². The second-order valence-corrected chi connectivity index (χ2v) is 6.57. The van der Waals surface area contributed by atoms with Gasteiger partial charge in [0.15, 0.2) is 0 Å². The number of nitrogens with zero attached hydrogens (tertiary/aromatic N) is 1. The lowest BCUT2D eigenvalue weighted by Crippen LogP contribution is -2.08. The van der Waals surface area contributed by atoms with Crippen molar-refractivity contribution in [1.29, 1.82) is 0 Å². The number of hydrogen-bond donors (Lipinski definition) is 0. The summed E-state index contributed by atoms with van der Waals surface area (Å²) in [6.45, 7) is 2.63. The van der Waals surface area contributed by atoms with E-state index in [9.17, 15) is 19.7 Å². The van der Waals surface area contributed by atoms with Gasteiger partial charge in [-0.05, 0) is 35.4 Å². The maximum Gasteiger partial charge on any atom is 0.308 e. The Hall–Kier alpha value is -4.00. The molecule has 0 aliphatic rings. The Balaban J connectivity index is 2.09. The highest BCUT2D eigenvalue weighted by atomic mass is 16.6. The first-order valence-electron chi connectivity index (χ1n) is 9.15. The van der Waals surface area contributed by atoms with Gasteiger partial charge in [0.25, 0.3) is 5.69 Å². The maximum atomic E-state index is 11.6. The Bertz CT molecular complexity index is 1010. The van der Waals surface area contributed by atoms with Crippen molar-refractivity contribution in [3.63, 3.8) is 0 Å². The monoisotopic (exact) mass is 405 g/mol. The van der Waals surface area contributed by atoms with E-state index >= 15 is 0 Å². The summed E-state index contributed by atoms with van der Waals surface area (Å²) in [5.41, 5.74) is 2.07. The molecule has 3 aromatic rings. The van der Waals surface area contributed by atoms with Gasteiger partial charge in [-0.15, -0.1) is 0 Å². The third-order valence-electron chi connectivity index (χ3n) is 4.39. The minimum atomic E-state index is -0.454. The second kappa shape index (κ2) is 9.00. The summed E-state index contributed by atoms with van der Waals surface area (Å²) in [7, 11) is 0. The fourth-order valence-electron chi connectivity index (χ4n) is 3.24. The molecule has 0 aliphatic carbocycles. The molecule has 0 atom stereocenters. The third kappa shape index (κ3) is 4.88. The average Bonchev–Trinajstić information content (AvgIpc) is 2.70. The van der Waals surface area contributed by atoms with Crippen molar-refractivity contribution >= 4 is 17.6 Å². The molecule has 0 heterocycles. The fraction of sp³-hybridized carbons (Fsp3) is 0.130. The Morgan fingerprint density at radius 1 is 0.767 bits per heavy atom. The number of rotatable bonds is 6. The number of ether oxygens (including phenoxy) is 2. The van der Waals surface area contributed by atoms with Crippen molar-refractivity contribution in [1.82, 2.24) is 0 Å². The molecule has 152 valence electrons. The summed E-state index contributed by atoms with van der Waals surface area (Å²) < 4.78 is 10.2. The zero-order valence-corrected chi connectivity index (χ0v) is 16.4. The zero-order valence-electron chi connectivity index (χ0n) is 16.4. The molecule has 7 nitrogen and oxygen atoms in total. The summed E-state index contributed by atoms with van der Waals surface area (Å²) in [5, 5.41) is 11.6. The van der Waals surface area contributed by atoms with Crippen molar-refractivity contribution < 1.29 is 24.0 Å². The molecule has 0 aromatic heterocycles. The molecule has 0 radical (unpaired) electrons. The molecule has 0 saturated heterocycles. The van der Waals surface area contributed by atoms with Crippen LogP contribution in [0.15, 0.2) is 72.8 Å². The van der Waals surface area contributed by atoms with Gasteiger partial charge < -0.3 is 9.47 Å². The van der Waals surface area contributed by atoms with Crippen molar-refractivity contribution in [2.45, 2.75) is 19.8 Å². The minimum Gasteiger partial charge on any atom is -0.427 e. The fourth-order valence-corrected chi connectivity index (χ4v) is 3.24. The van der Waals surface area contributed by atoms with E-state index in [-0.39, 0.29) is 5.69 Å². The van der Waals surface area contributed by atoms with E-state index in [0.717, 1.165) is 11.1 Å². The summed E-state index contributed by atoms with van der Waals surface area (Å²) >= 11 is 0. The molecule has 3 aromatic carbocycles. The molecule has 0 N–H and O–H groups in total. The number of carbonyl (C=O) groups excluding carboxylic acids is 2. The molecular formula is C23H19NO6. The van der Waals surface area contributed by atoms with Gasteiger partial charge in [-0.1, -0.05) is 42.5 Å². The lowest BCUT2D eigenvalue weighted by Gasteiger charge is -2.19. The number of carbonyl (C=O) groups is 2. The number of para-hydroxylation sites is 1. The van der Waals surface area contributed by atoms with Crippen molar-refractivity contribution in [2.75, 3.05) is 0 Å². The summed E-state index contributed by atoms with van der Waals surface area (Å²) in [6, 6.07) is 20.2. The van der Waals surface area contributed by atoms with Crippen LogP contribution in [0.25, 0.3) is 0 Å². The topological polar surface area (TPSA) is 95.7 Å². The number of benzene rings is 3. The molecule has 0 spiro atoms. The molecule has 0 aliphatic heterocycles. The smallest absolute Gasteiger partial charge is 0.308 e. The zero-order chi connectivity index (χ0) is 21.7. The number of nitro benzene ring substituents is 1. The third-order valence-corrected chi connectivity index (χ3v) is 4.39. The molecule has 0 unspecified atom stereocenters. The van der Waals surface area contributed by atoms with Gasteiger partial charge in [-0.3, -0.25) is 19.7 Å². The molecular weight excluding hydrogens is 386 g/mol. The highest BCUT2D eigenvalue weighted by Gasteiger charge is 2.25. The van der Waals surface area contributed by atoms with Gasteiger partial charge in [0, 0.05) is 31.4 Å². The van der Waals surface area contributed by atoms with Gasteiger partial charge in [0.2, 0.25) is 0 Å². The number of hydrogen-bond acceptors (Lipinski definition) is 6. The van der Waals surface area contributed by atoms with E-state index in [2.05, 4.69) is 0 Å². The number of nitro groups is 1. The van der Waals surface area contributed by atoms with Crippen molar-refractivity contribution in [2.24, 2.45) is 0 Å². The predicted octanol–water partition coefficient (Wildman–Crippen LogP) is 4.63. The normalized spacial score (nSPS) is 10.5. The van der Waals surface area contributed by atoms with Crippen LogP contribution >= 0.6 is 0 Å². The van der Waals surface area contributed by atoms with E-state index in [1.165, 1.54) is 19.9 Å².